The third kappa shape index (κ3) is 2.91. The molecule has 0 saturated heterocycles. The van der Waals surface area contributed by atoms with E-state index in [1.54, 1.807) is 12.1 Å². The molecule has 0 radical (unpaired) electrons. The number of ether oxygens (including phenoxy) is 2. The van der Waals surface area contributed by atoms with E-state index in [4.69, 9.17) is 9.47 Å². The van der Waals surface area contributed by atoms with Gasteiger partial charge in [0.15, 0.2) is 11.5 Å². The summed E-state index contributed by atoms with van der Waals surface area (Å²) in [6, 6.07) is 12.5. The number of amides is 1. The first-order valence-corrected chi connectivity index (χ1v) is 8.11. The lowest BCUT2D eigenvalue weighted by Crippen LogP contribution is -2.29. The molecule has 0 bridgehead atoms. The van der Waals surface area contributed by atoms with Crippen molar-refractivity contribution in [3.8, 4) is 11.5 Å². The molecule has 0 fully saturated rings. The van der Waals surface area contributed by atoms with Crippen LogP contribution in [0.25, 0.3) is 0 Å². The van der Waals surface area contributed by atoms with E-state index in [2.05, 4.69) is 5.32 Å². The van der Waals surface area contributed by atoms with Crippen molar-refractivity contribution in [1.29, 1.82) is 0 Å². The molecule has 2 atom stereocenters. The molecule has 0 spiro atoms. The van der Waals surface area contributed by atoms with Crippen LogP contribution in [-0.2, 0) is 16.0 Å². The summed E-state index contributed by atoms with van der Waals surface area (Å²) < 4.78 is 10.6. The van der Waals surface area contributed by atoms with Gasteiger partial charge in [-0.05, 0) is 35.2 Å². The largest absolute Gasteiger partial charge is 0.481 e. The first-order chi connectivity index (χ1) is 12.1. The Morgan fingerprint density at radius 2 is 1.84 bits per heavy atom. The standard InChI is InChI=1S/C19H17NO5/c21-18(8-11-5-6-16-17(7-11)25-10-24-16)20-15-9-14(19(22)23)12-3-1-2-4-13(12)15/h1-7,14-15H,8-10H2,(H,20,21)(H,22,23). The molecule has 1 amide bonds. The van der Waals surface area contributed by atoms with E-state index in [-0.39, 0.29) is 25.2 Å². The molecule has 0 saturated carbocycles. The maximum atomic E-state index is 12.4. The monoisotopic (exact) mass is 339 g/mol. The second-order valence-corrected chi connectivity index (χ2v) is 6.24. The number of carboxylic acids is 1. The quantitative estimate of drug-likeness (QED) is 0.893. The predicted molar refractivity (Wildman–Crippen MR) is 88.6 cm³/mol. The highest BCUT2D eigenvalue weighted by molar-refractivity contribution is 5.81. The van der Waals surface area contributed by atoms with Crippen molar-refractivity contribution in [3.05, 3.63) is 59.2 Å². The molecule has 1 aliphatic heterocycles. The number of hydrogen-bond acceptors (Lipinski definition) is 4. The summed E-state index contributed by atoms with van der Waals surface area (Å²) in [6.07, 6.45) is 0.578. The minimum atomic E-state index is -0.861. The fourth-order valence-corrected chi connectivity index (χ4v) is 3.49. The highest BCUT2D eigenvalue weighted by Gasteiger charge is 2.35. The van der Waals surface area contributed by atoms with E-state index in [9.17, 15) is 14.7 Å². The van der Waals surface area contributed by atoms with Crippen LogP contribution in [0, 0.1) is 0 Å². The lowest BCUT2D eigenvalue weighted by atomic mass is 10.0. The Morgan fingerprint density at radius 1 is 1.08 bits per heavy atom. The minimum Gasteiger partial charge on any atom is -0.481 e. The van der Waals surface area contributed by atoms with Crippen molar-refractivity contribution < 1.29 is 24.2 Å². The molecule has 2 aromatic carbocycles. The summed E-state index contributed by atoms with van der Waals surface area (Å²) in [7, 11) is 0. The molecule has 1 aliphatic carbocycles. The van der Waals surface area contributed by atoms with Crippen LogP contribution < -0.4 is 14.8 Å². The maximum absolute atomic E-state index is 12.4. The fraction of sp³-hybridized carbons (Fsp3) is 0.263. The topological polar surface area (TPSA) is 84.9 Å². The first kappa shape index (κ1) is 15.5. The third-order valence-electron chi connectivity index (χ3n) is 4.65. The lowest BCUT2D eigenvalue weighted by molar-refractivity contribution is -0.139. The van der Waals surface area contributed by atoms with Gasteiger partial charge < -0.3 is 19.9 Å². The molecule has 6 nitrogen and oxygen atoms in total. The van der Waals surface area contributed by atoms with Gasteiger partial charge in [-0.3, -0.25) is 9.59 Å². The molecular formula is C19H17NO5. The van der Waals surface area contributed by atoms with Crippen LogP contribution in [0.1, 0.15) is 35.1 Å². The van der Waals surface area contributed by atoms with Gasteiger partial charge in [-0.1, -0.05) is 30.3 Å². The number of nitrogens with one attached hydrogen (secondary N) is 1. The number of carbonyl (C=O) groups is 2. The molecule has 6 heteroatoms. The molecule has 25 heavy (non-hydrogen) atoms. The van der Waals surface area contributed by atoms with Crippen molar-refractivity contribution in [2.24, 2.45) is 0 Å². The summed E-state index contributed by atoms with van der Waals surface area (Å²) in [5.41, 5.74) is 2.49. The van der Waals surface area contributed by atoms with Crippen molar-refractivity contribution in [2.75, 3.05) is 6.79 Å². The number of hydrogen-bond donors (Lipinski definition) is 2. The van der Waals surface area contributed by atoms with E-state index in [0.29, 0.717) is 17.9 Å². The predicted octanol–water partition coefficient (Wildman–Crippen LogP) is 2.39. The van der Waals surface area contributed by atoms with Crippen LogP contribution in [0.3, 0.4) is 0 Å². The average molecular weight is 339 g/mol. The molecule has 2 N–H and O–H groups in total. The molecular weight excluding hydrogens is 322 g/mol. The summed E-state index contributed by atoms with van der Waals surface area (Å²) in [6.45, 7) is 0.195. The number of carboxylic acid groups (broad SMARTS) is 1. The van der Waals surface area contributed by atoms with Gasteiger partial charge in [0.2, 0.25) is 12.7 Å². The second-order valence-electron chi connectivity index (χ2n) is 6.24. The van der Waals surface area contributed by atoms with Gasteiger partial charge in [0.1, 0.15) is 0 Å². The van der Waals surface area contributed by atoms with Crippen LogP contribution in [0.5, 0.6) is 11.5 Å². The van der Waals surface area contributed by atoms with Crippen molar-refractivity contribution in [1.82, 2.24) is 5.32 Å². The van der Waals surface area contributed by atoms with Crippen LogP contribution in [0.4, 0.5) is 0 Å². The SMILES string of the molecule is O=C(Cc1ccc2c(c1)OCO2)NC1CC(C(=O)O)c2ccccc21. The van der Waals surface area contributed by atoms with Gasteiger partial charge in [0.05, 0.1) is 18.4 Å². The Bertz CT molecular complexity index is 847. The lowest BCUT2D eigenvalue weighted by Gasteiger charge is -2.14. The molecule has 4 rings (SSSR count). The minimum absolute atomic E-state index is 0.148. The van der Waals surface area contributed by atoms with Crippen LogP contribution in [0.15, 0.2) is 42.5 Å². The van der Waals surface area contributed by atoms with Gasteiger partial charge in [0.25, 0.3) is 0 Å². The molecule has 2 unspecified atom stereocenters. The summed E-state index contributed by atoms with van der Waals surface area (Å²) in [5, 5.41) is 12.4. The number of carbonyl (C=O) groups excluding carboxylic acids is 1. The van der Waals surface area contributed by atoms with Crippen LogP contribution in [-0.4, -0.2) is 23.8 Å². The summed E-state index contributed by atoms with van der Waals surface area (Å²) >= 11 is 0. The van der Waals surface area contributed by atoms with Crippen LogP contribution >= 0.6 is 0 Å². The number of aliphatic carboxylic acids is 1. The van der Waals surface area contributed by atoms with Gasteiger partial charge in [-0.15, -0.1) is 0 Å². The molecule has 2 aromatic rings. The zero-order chi connectivity index (χ0) is 17.4. The van der Waals surface area contributed by atoms with E-state index in [1.165, 1.54) is 0 Å². The van der Waals surface area contributed by atoms with Crippen LogP contribution in [0.2, 0.25) is 0 Å². The Balaban J connectivity index is 1.47. The molecule has 1 heterocycles. The average Bonchev–Trinajstić information content (AvgIpc) is 3.19. The highest BCUT2D eigenvalue weighted by atomic mass is 16.7. The zero-order valence-electron chi connectivity index (χ0n) is 13.4. The van der Waals surface area contributed by atoms with E-state index < -0.39 is 11.9 Å². The second kappa shape index (κ2) is 6.12. The van der Waals surface area contributed by atoms with Gasteiger partial charge >= 0.3 is 5.97 Å². The highest BCUT2D eigenvalue weighted by Crippen LogP contribution is 2.40. The third-order valence-corrected chi connectivity index (χ3v) is 4.65. The Hall–Kier alpha value is -3.02. The van der Waals surface area contributed by atoms with Crippen molar-refractivity contribution in [2.45, 2.75) is 24.8 Å². The van der Waals surface area contributed by atoms with E-state index >= 15 is 0 Å². The van der Waals surface area contributed by atoms with Gasteiger partial charge in [-0.2, -0.15) is 0 Å². The summed E-state index contributed by atoms with van der Waals surface area (Å²) in [4.78, 5) is 23.9. The number of benzene rings is 2. The fourth-order valence-electron chi connectivity index (χ4n) is 3.49. The molecule has 0 aromatic heterocycles. The van der Waals surface area contributed by atoms with Crippen molar-refractivity contribution >= 4 is 11.9 Å². The normalized spacial score (nSPS) is 20.2. The number of fused-ring (bicyclic) bond motifs is 2. The zero-order valence-corrected chi connectivity index (χ0v) is 13.4. The smallest absolute Gasteiger partial charge is 0.311 e. The molecule has 128 valence electrons. The number of rotatable bonds is 4. The van der Waals surface area contributed by atoms with Crippen molar-refractivity contribution in [3.63, 3.8) is 0 Å². The van der Waals surface area contributed by atoms with Gasteiger partial charge in [0, 0.05) is 0 Å². The maximum Gasteiger partial charge on any atom is 0.311 e. The van der Waals surface area contributed by atoms with E-state index in [1.807, 2.05) is 30.3 Å². The van der Waals surface area contributed by atoms with E-state index in [0.717, 1.165) is 16.7 Å². The Morgan fingerprint density at radius 3 is 2.64 bits per heavy atom. The first-order valence-electron chi connectivity index (χ1n) is 8.11. The Kier molecular flexibility index (Phi) is 3.80. The summed E-state index contributed by atoms with van der Waals surface area (Å²) in [5.74, 6) is -0.266. The van der Waals surface area contributed by atoms with Gasteiger partial charge in [-0.25, -0.2) is 0 Å². The molecule has 2 aliphatic rings. The Labute approximate surface area is 144 Å².